The number of aliphatic carboxylic acids is 1. The Hall–Kier alpha value is -1.14. The average Bonchev–Trinajstić information content (AvgIpc) is 2.28. The predicted octanol–water partition coefficient (Wildman–Crippen LogP) is -0.208. The quantitative estimate of drug-likeness (QED) is 0.550. The number of methoxy groups -OCH3 is 1. The van der Waals surface area contributed by atoms with Gasteiger partial charge in [-0.3, -0.25) is 14.5 Å². The van der Waals surface area contributed by atoms with E-state index in [0.717, 1.165) is 0 Å². The molecule has 0 saturated carbocycles. The molecule has 0 rings (SSSR count). The zero-order valence-electron chi connectivity index (χ0n) is 10.7. The third kappa shape index (κ3) is 7.70. The largest absolute Gasteiger partial charge is 0.481 e. The molecule has 0 aromatic carbocycles. The number of carboxylic acid groups (broad SMARTS) is 1. The standard InChI is InChI=1S/C11H22N2O4/c1-4-13(7-9(2)11(15)16)8-10(14)12-5-6-17-3/h9H,4-8H2,1-3H3,(H,12,14)(H,15,16). The molecule has 0 aliphatic carbocycles. The molecule has 17 heavy (non-hydrogen) atoms. The lowest BCUT2D eigenvalue weighted by Gasteiger charge is -2.21. The maximum Gasteiger partial charge on any atom is 0.307 e. The van der Waals surface area contributed by atoms with E-state index in [9.17, 15) is 9.59 Å². The van der Waals surface area contributed by atoms with Gasteiger partial charge in [-0.05, 0) is 6.54 Å². The van der Waals surface area contributed by atoms with E-state index >= 15 is 0 Å². The van der Waals surface area contributed by atoms with Crippen LogP contribution in [0.5, 0.6) is 0 Å². The van der Waals surface area contributed by atoms with Gasteiger partial charge < -0.3 is 15.2 Å². The summed E-state index contributed by atoms with van der Waals surface area (Å²) in [6, 6.07) is 0. The smallest absolute Gasteiger partial charge is 0.307 e. The van der Waals surface area contributed by atoms with Crippen LogP contribution in [0.25, 0.3) is 0 Å². The van der Waals surface area contributed by atoms with E-state index < -0.39 is 11.9 Å². The van der Waals surface area contributed by atoms with Gasteiger partial charge in [-0.2, -0.15) is 0 Å². The van der Waals surface area contributed by atoms with Gasteiger partial charge in [-0.1, -0.05) is 13.8 Å². The Balaban J connectivity index is 3.95. The van der Waals surface area contributed by atoms with Gasteiger partial charge in [0.05, 0.1) is 19.1 Å². The van der Waals surface area contributed by atoms with Crippen LogP contribution in [0.1, 0.15) is 13.8 Å². The van der Waals surface area contributed by atoms with Gasteiger partial charge in [0.2, 0.25) is 5.91 Å². The number of ether oxygens (including phenoxy) is 1. The van der Waals surface area contributed by atoms with Crippen LogP contribution in [0.4, 0.5) is 0 Å². The van der Waals surface area contributed by atoms with E-state index in [4.69, 9.17) is 9.84 Å². The maximum atomic E-state index is 11.5. The molecule has 0 aliphatic heterocycles. The number of amides is 1. The summed E-state index contributed by atoms with van der Waals surface area (Å²) in [6.45, 7) is 5.73. The highest BCUT2D eigenvalue weighted by Crippen LogP contribution is 1.99. The summed E-state index contributed by atoms with van der Waals surface area (Å²) in [4.78, 5) is 24.0. The maximum absolute atomic E-state index is 11.5. The van der Waals surface area contributed by atoms with Crippen molar-refractivity contribution in [3.8, 4) is 0 Å². The molecule has 0 bridgehead atoms. The van der Waals surface area contributed by atoms with Crippen LogP contribution in [-0.2, 0) is 14.3 Å². The first-order valence-corrected chi connectivity index (χ1v) is 5.72. The molecule has 100 valence electrons. The van der Waals surface area contributed by atoms with Crippen molar-refractivity contribution in [2.24, 2.45) is 5.92 Å². The minimum Gasteiger partial charge on any atom is -0.481 e. The summed E-state index contributed by atoms with van der Waals surface area (Å²) >= 11 is 0. The van der Waals surface area contributed by atoms with Crippen molar-refractivity contribution >= 4 is 11.9 Å². The van der Waals surface area contributed by atoms with E-state index in [0.29, 0.717) is 26.2 Å². The zero-order valence-corrected chi connectivity index (χ0v) is 10.7. The van der Waals surface area contributed by atoms with E-state index in [2.05, 4.69) is 5.32 Å². The summed E-state index contributed by atoms with van der Waals surface area (Å²) in [6.07, 6.45) is 0. The Bertz CT molecular complexity index is 246. The van der Waals surface area contributed by atoms with Gasteiger partial charge in [-0.25, -0.2) is 0 Å². The summed E-state index contributed by atoms with van der Waals surface area (Å²) in [5, 5.41) is 11.5. The summed E-state index contributed by atoms with van der Waals surface area (Å²) in [5.41, 5.74) is 0. The first-order valence-electron chi connectivity index (χ1n) is 5.72. The number of carbonyl (C=O) groups excluding carboxylic acids is 1. The lowest BCUT2D eigenvalue weighted by molar-refractivity contribution is -0.142. The topological polar surface area (TPSA) is 78.9 Å². The van der Waals surface area contributed by atoms with Gasteiger partial charge in [-0.15, -0.1) is 0 Å². The fourth-order valence-corrected chi connectivity index (χ4v) is 1.32. The number of carbonyl (C=O) groups is 2. The van der Waals surface area contributed by atoms with Gasteiger partial charge in [0, 0.05) is 20.2 Å². The minimum atomic E-state index is -0.844. The number of rotatable bonds is 9. The third-order valence-electron chi connectivity index (χ3n) is 2.40. The fraction of sp³-hybridized carbons (Fsp3) is 0.818. The normalized spacial score (nSPS) is 12.5. The Morgan fingerprint density at radius 2 is 2.12 bits per heavy atom. The van der Waals surface area contributed by atoms with Crippen molar-refractivity contribution < 1.29 is 19.4 Å². The summed E-state index contributed by atoms with van der Waals surface area (Å²) in [5.74, 6) is -1.42. The summed E-state index contributed by atoms with van der Waals surface area (Å²) < 4.78 is 4.81. The van der Waals surface area contributed by atoms with Crippen LogP contribution in [0, 0.1) is 5.92 Å². The molecule has 1 unspecified atom stereocenters. The van der Waals surface area contributed by atoms with Crippen molar-refractivity contribution in [3.63, 3.8) is 0 Å². The highest BCUT2D eigenvalue weighted by molar-refractivity contribution is 5.78. The van der Waals surface area contributed by atoms with Crippen LogP contribution in [-0.4, -0.2) is 61.8 Å². The molecule has 0 aromatic rings. The second-order valence-electron chi connectivity index (χ2n) is 3.91. The Labute approximate surface area is 102 Å². The number of nitrogens with zero attached hydrogens (tertiary/aromatic N) is 1. The molecule has 0 spiro atoms. The van der Waals surface area contributed by atoms with E-state index in [1.54, 1.807) is 18.9 Å². The molecule has 6 heteroatoms. The fourth-order valence-electron chi connectivity index (χ4n) is 1.32. The molecule has 2 N–H and O–H groups in total. The third-order valence-corrected chi connectivity index (χ3v) is 2.40. The number of carboxylic acids is 1. The molecular formula is C11H22N2O4. The number of hydrogen-bond acceptors (Lipinski definition) is 4. The highest BCUT2D eigenvalue weighted by atomic mass is 16.5. The van der Waals surface area contributed by atoms with Crippen molar-refractivity contribution in [1.82, 2.24) is 10.2 Å². The first-order chi connectivity index (χ1) is 8.01. The highest BCUT2D eigenvalue weighted by Gasteiger charge is 2.16. The monoisotopic (exact) mass is 246 g/mol. The second-order valence-corrected chi connectivity index (χ2v) is 3.91. The number of hydrogen-bond donors (Lipinski definition) is 2. The number of nitrogens with one attached hydrogen (secondary N) is 1. The Morgan fingerprint density at radius 3 is 2.59 bits per heavy atom. The molecule has 1 amide bonds. The molecule has 0 heterocycles. The van der Waals surface area contributed by atoms with Crippen LogP contribution in [0.3, 0.4) is 0 Å². The Morgan fingerprint density at radius 1 is 1.47 bits per heavy atom. The van der Waals surface area contributed by atoms with Crippen LogP contribution in [0.2, 0.25) is 0 Å². The molecule has 1 atom stereocenters. The van der Waals surface area contributed by atoms with Crippen molar-refractivity contribution in [2.75, 3.05) is 39.9 Å². The minimum absolute atomic E-state index is 0.110. The molecule has 0 radical (unpaired) electrons. The molecule has 6 nitrogen and oxygen atoms in total. The average molecular weight is 246 g/mol. The molecule has 0 aromatic heterocycles. The van der Waals surface area contributed by atoms with Crippen molar-refractivity contribution in [1.29, 1.82) is 0 Å². The van der Waals surface area contributed by atoms with Crippen LogP contribution in [0.15, 0.2) is 0 Å². The predicted molar refractivity (Wildman–Crippen MR) is 63.8 cm³/mol. The SMILES string of the molecule is CCN(CC(=O)NCCOC)CC(C)C(=O)O. The number of likely N-dealkylation sites (N-methyl/N-ethyl adjacent to an activating group) is 1. The van der Waals surface area contributed by atoms with E-state index in [-0.39, 0.29) is 12.5 Å². The lowest BCUT2D eigenvalue weighted by Crippen LogP contribution is -2.41. The van der Waals surface area contributed by atoms with Gasteiger partial charge >= 0.3 is 5.97 Å². The first kappa shape index (κ1) is 15.9. The van der Waals surface area contributed by atoms with E-state index in [1.165, 1.54) is 0 Å². The molecule has 0 fully saturated rings. The molecule has 0 saturated heterocycles. The molecule has 0 aliphatic rings. The molecular weight excluding hydrogens is 224 g/mol. The van der Waals surface area contributed by atoms with Crippen LogP contribution < -0.4 is 5.32 Å². The second kappa shape index (κ2) is 8.95. The van der Waals surface area contributed by atoms with Gasteiger partial charge in [0.1, 0.15) is 0 Å². The van der Waals surface area contributed by atoms with Gasteiger partial charge in [0.25, 0.3) is 0 Å². The van der Waals surface area contributed by atoms with Crippen molar-refractivity contribution in [3.05, 3.63) is 0 Å². The summed E-state index contributed by atoms with van der Waals surface area (Å²) in [7, 11) is 1.57. The van der Waals surface area contributed by atoms with Gasteiger partial charge in [0.15, 0.2) is 0 Å². The zero-order chi connectivity index (χ0) is 13.3. The van der Waals surface area contributed by atoms with Crippen molar-refractivity contribution in [2.45, 2.75) is 13.8 Å². The van der Waals surface area contributed by atoms with Crippen LogP contribution >= 0.6 is 0 Å². The Kier molecular flexibility index (Phi) is 8.35. The lowest BCUT2D eigenvalue weighted by atomic mass is 10.1. The van der Waals surface area contributed by atoms with E-state index in [1.807, 2.05) is 6.92 Å².